The standard InChI is InChI=1S/C27H39N4O8PS/c1-5-38-27(34)23-26(41-16-20-9-7-6-8-10-20)30-24(31(23)4)17(2)28-25(33)22(29-18(3)32)15-19-11-13-21(14-12-19)39-40(35,36)37/h11-14,17,20,22H,5-10,15-16H2,1-4H3,(H,28,33)(H,29,32)(H2,35,36,37)/t17?,22-/m0/s1. The van der Waals surface area contributed by atoms with Gasteiger partial charge in [0.25, 0.3) is 0 Å². The van der Waals surface area contributed by atoms with Crippen molar-refractivity contribution in [3.63, 3.8) is 0 Å². The number of carbonyl (C=O) groups excluding carboxylic acids is 3. The quantitative estimate of drug-likeness (QED) is 0.149. The van der Waals surface area contributed by atoms with Gasteiger partial charge < -0.3 is 24.5 Å². The summed E-state index contributed by atoms with van der Waals surface area (Å²) in [5.74, 6) is 0.547. The number of rotatable bonds is 13. The van der Waals surface area contributed by atoms with Crippen LogP contribution in [0.15, 0.2) is 29.3 Å². The molecule has 1 fully saturated rings. The summed E-state index contributed by atoms with van der Waals surface area (Å²) in [4.78, 5) is 60.7. The molecule has 1 aliphatic rings. The largest absolute Gasteiger partial charge is 0.524 e. The van der Waals surface area contributed by atoms with Crippen molar-refractivity contribution >= 4 is 37.4 Å². The van der Waals surface area contributed by atoms with Crippen LogP contribution in [0.5, 0.6) is 5.75 Å². The molecule has 2 atom stereocenters. The molecule has 0 saturated heterocycles. The predicted molar refractivity (Wildman–Crippen MR) is 153 cm³/mol. The molecule has 12 nitrogen and oxygen atoms in total. The summed E-state index contributed by atoms with van der Waals surface area (Å²) < 4.78 is 22.6. The number of imidazole rings is 1. The maximum atomic E-state index is 13.3. The zero-order valence-corrected chi connectivity index (χ0v) is 25.5. The molecule has 0 aliphatic heterocycles. The number of hydrogen-bond donors (Lipinski definition) is 4. The first-order valence-corrected chi connectivity index (χ1v) is 16.2. The van der Waals surface area contributed by atoms with Crippen molar-refractivity contribution < 1.29 is 38.0 Å². The Bertz CT molecular complexity index is 1260. The Kier molecular flexibility index (Phi) is 11.8. The fourth-order valence-corrected chi connectivity index (χ4v) is 6.48. The van der Waals surface area contributed by atoms with E-state index < -0.39 is 37.7 Å². The van der Waals surface area contributed by atoms with Gasteiger partial charge in [0.2, 0.25) is 11.8 Å². The normalized spacial score (nSPS) is 15.6. The number of nitrogens with one attached hydrogen (secondary N) is 2. The number of hydrogen-bond acceptors (Lipinski definition) is 8. The molecule has 1 aromatic carbocycles. The second kappa shape index (κ2) is 14.9. The summed E-state index contributed by atoms with van der Waals surface area (Å²) >= 11 is 1.54. The lowest BCUT2D eigenvalue weighted by Gasteiger charge is -2.21. The summed E-state index contributed by atoms with van der Waals surface area (Å²) in [6.45, 7) is 5.03. The molecule has 0 spiro atoms. The molecule has 2 aromatic rings. The smallest absolute Gasteiger partial charge is 0.461 e. The van der Waals surface area contributed by atoms with Crippen LogP contribution in [0, 0.1) is 5.92 Å². The molecule has 2 amide bonds. The van der Waals surface area contributed by atoms with Gasteiger partial charge in [0.05, 0.1) is 12.6 Å². The van der Waals surface area contributed by atoms with Gasteiger partial charge >= 0.3 is 13.8 Å². The van der Waals surface area contributed by atoms with E-state index in [0.29, 0.717) is 28.0 Å². The van der Waals surface area contributed by atoms with E-state index in [2.05, 4.69) is 15.2 Å². The lowest BCUT2D eigenvalue weighted by atomic mass is 9.91. The second-order valence-electron chi connectivity index (χ2n) is 10.1. The van der Waals surface area contributed by atoms with Crippen molar-refractivity contribution in [3.8, 4) is 5.75 Å². The van der Waals surface area contributed by atoms with Crippen molar-refractivity contribution in [2.75, 3.05) is 12.4 Å². The van der Waals surface area contributed by atoms with Gasteiger partial charge in [-0.05, 0) is 50.3 Å². The molecule has 4 N–H and O–H groups in total. The molecule has 226 valence electrons. The fraction of sp³-hybridized carbons (Fsp3) is 0.556. The first kappa shape index (κ1) is 32.7. The highest BCUT2D eigenvalue weighted by Crippen LogP contribution is 2.37. The Balaban J connectivity index is 1.76. The maximum Gasteiger partial charge on any atom is 0.524 e. The number of benzene rings is 1. The zero-order valence-electron chi connectivity index (χ0n) is 23.8. The topological polar surface area (TPSA) is 169 Å². The molecule has 0 bridgehead atoms. The minimum atomic E-state index is -4.70. The van der Waals surface area contributed by atoms with Gasteiger partial charge in [-0.2, -0.15) is 0 Å². The van der Waals surface area contributed by atoms with Crippen molar-refractivity contribution in [2.45, 2.75) is 76.4 Å². The third-order valence-electron chi connectivity index (χ3n) is 6.77. The van der Waals surface area contributed by atoms with Gasteiger partial charge in [0, 0.05) is 26.1 Å². The number of aromatic nitrogens is 2. The Hall–Kier alpha value is -2.86. The van der Waals surface area contributed by atoms with Crippen molar-refractivity contribution in [3.05, 3.63) is 41.3 Å². The lowest BCUT2D eigenvalue weighted by molar-refractivity contribution is -0.128. The first-order valence-electron chi connectivity index (χ1n) is 13.7. The number of esters is 1. The van der Waals surface area contributed by atoms with Crippen LogP contribution in [-0.4, -0.2) is 55.5 Å². The van der Waals surface area contributed by atoms with Crippen molar-refractivity contribution in [1.29, 1.82) is 0 Å². The van der Waals surface area contributed by atoms with Crippen LogP contribution in [0.1, 0.15) is 80.8 Å². The van der Waals surface area contributed by atoms with Gasteiger partial charge in [-0.25, -0.2) is 14.3 Å². The molecule has 41 heavy (non-hydrogen) atoms. The highest BCUT2D eigenvalue weighted by Gasteiger charge is 2.29. The third-order valence-corrected chi connectivity index (χ3v) is 8.42. The number of ether oxygens (including phenoxy) is 1. The Morgan fingerprint density at radius 2 is 1.80 bits per heavy atom. The van der Waals surface area contributed by atoms with E-state index in [1.807, 2.05) is 0 Å². The van der Waals surface area contributed by atoms with Crippen LogP contribution in [0.3, 0.4) is 0 Å². The fourth-order valence-electron chi connectivity index (χ4n) is 4.84. The second-order valence-corrected chi connectivity index (χ2v) is 12.3. The van der Waals surface area contributed by atoms with Crippen LogP contribution < -0.4 is 15.2 Å². The van der Waals surface area contributed by atoms with Crippen LogP contribution >= 0.6 is 19.6 Å². The summed E-state index contributed by atoms with van der Waals surface area (Å²) in [5.41, 5.74) is 0.979. The number of nitrogens with zero attached hydrogens (tertiary/aromatic N) is 2. The molecule has 3 rings (SSSR count). The Morgan fingerprint density at radius 1 is 1.15 bits per heavy atom. The number of phosphoric acid groups is 1. The molecular formula is C27H39N4O8PS. The zero-order chi connectivity index (χ0) is 30.2. The molecular weight excluding hydrogens is 571 g/mol. The van der Waals surface area contributed by atoms with Crippen LogP contribution in [0.4, 0.5) is 0 Å². The maximum absolute atomic E-state index is 13.3. The number of phosphoric ester groups is 1. The van der Waals surface area contributed by atoms with E-state index in [1.54, 1.807) is 37.6 Å². The van der Waals surface area contributed by atoms with Gasteiger partial charge in [-0.1, -0.05) is 31.4 Å². The molecule has 1 unspecified atom stereocenters. The highest BCUT2D eigenvalue weighted by molar-refractivity contribution is 7.99. The molecule has 1 aromatic heterocycles. The predicted octanol–water partition coefficient (Wildman–Crippen LogP) is 3.67. The Morgan fingerprint density at radius 3 is 2.39 bits per heavy atom. The first-order chi connectivity index (χ1) is 19.4. The number of thioether (sulfide) groups is 1. The van der Waals surface area contributed by atoms with Gasteiger partial charge in [0.15, 0.2) is 5.69 Å². The molecule has 0 radical (unpaired) electrons. The summed E-state index contributed by atoms with van der Waals surface area (Å²) in [6, 6.07) is 4.31. The van der Waals surface area contributed by atoms with E-state index in [0.717, 1.165) is 18.6 Å². The van der Waals surface area contributed by atoms with Crippen LogP contribution in [0.2, 0.25) is 0 Å². The molecule has 1 saturated carbocycles. The average molecular weight is 611 g/mol. The third kappa shape index (κ3) is 9.88. The van der Waals surface area contributed by atoms with E-state index >= 15 is 0 Å². The highest BCUT2D eigenvalue weighted by atomic mass is 32.2. The number of carbonyl (C=O) groups is 3. The van der Waals surface area contributed by atoms with Gasteiger partial charge in [-0.3, -0.25) is 19.4 Å². The summed E-state index contributed by atoms with van der Waals surface area (Å²) in [5, 5.41) is 6.12. The monoisotopic (exact) mass is 610 g/mol. The minimum absolute atomic E-state index is 0.0272. The molecule has 14 heteroatoms. The van der Waals surface area contributed by atoms with E-state index in [1.165, 1.54) is 50.1 Å². The molecule has 1 aliphatic carbocycles. The molecule has 1 heterocycles. The number of amides is 2. The van der Waals surface area contributed by atoms with Crippen molar-refractivity contribution in [2.24, 2.45) is 13.0 Å². The van der Waals surface area contributed by atoms with Gasteiger partial charge in [-0.15, -0.1) is 11.8 Å². The lowest BCUT2D eigenvalue weighted by Crippen LogP contribution is -2.48. The van der Waals surface area contributed by atoms with Crippen LogP contribution in [-0.2, 0) is 32.4 Å². The van der Waals surface area contributed by atoms with Crippen molar-refractivity contribution in [1.82, 2.24) is 20.2 Å². The van der Waals surface area contributed by atoms with Crippen LogP contribution in [0.25, 0.3) is 0 Å². The van der Waals surface area contributed by atoms with E-state index in [9.17, 15) is 18.9 Å². The SMILES string of the molecule is CCOC(=O)c1c(SCC2CCCCC2)nc(C(C)NC(=O)[C@H](Cc2ccc(OP(=O)(O)O)cc2)NC(C)=O)n1C. The average Bonchev–Trinajstić information content (AvgIpc) is 3.24. The summed E-state index contributed by atoms with van der Waals surface area (Å²) in [7, 11) is -2.98. The van der Waals surface area contributed by atoms with E-state index in [4.69, 9.17) is 19.5 Å². The Labute approximate surface area is 244 Å². The summed E-state index contributed by atoms with van der Waals surface area (Å²) in [6.07, 6.45) is 6.14. The minimum Gasteiger partial charge on any atom is -0.461 e. The van der Waals surface area contributed by atoms with Gasteiger partial charge in [0.1, 0.15) is 22.6 Å². The van der Waals surface area contributed by atoms with E-state index in [-0.39, 0.29) is 18.8 Å².